The van der Waals surface area contributed by atoms with Gasteiger partial charge in [-0.05, 0) is 25.0 Å². The highest BCUT2D eigenvalue weighted by atomic mass is 19.4. The van der Waals surface area contributed by atoms with E-state index in [2.05, 4.69) is 0 Å². The van der Waals surface area contributed by atoms with Crippen LogP contribution in [0.2, 0.25) is 0 Å². The van der Waals surface area contributed by atoms with Gasteiger partial charge in [0.25, 0.3) is 5.91 Å². The van der Waals surface area contributed by atoms with E-state index < -0.39 is 48.3 Å². The lowest BCUT2D eigenvalue weighted by Crippen LogP contribution is -2.45. The standard InChI is InChI=1S/C18H15F6NO/c19-17(20,21)14-7-6-11-8-9-25(10-13(11)15(14)18(22,23)24)16(26)12-4-2-1-3-5-12/h1-6,13H,7-10H2. The highest BCUT2D eigenvalue weighted by molar-refractivity contribution is 5.94. The van der Waals surface area contributed by atoms with E-state index in [4.69, 9.17) is 0 Å². The molecular formula is C18H15F6NO. The number of alkyl halides is 6. The summed E-state index contributed by atoms with van der Waals surface area (Å²) in [5.41, 5.74) is -2.51. The Hall–Kier alpha value is -2.25. The van der Waals surface area contributed by atoms with Gasteiger partial charge in [0, 0.05) is 30.1 Å². The molecule has 2 nitrogen and oxygen atoms in total. The molecule has 0 radical (unpaired) electrons. The van der Waals surface area contributed by atoms with Crippen molar-refractivity contribution in [1.29, 1.82) is 0 Å². The summed E-state index contributed by atoms with van der Waals surface area (Å²) in [5, 5.41) is 0. The average Bonchev–Trinajstić information content (AvgIpc) is 2.58. The van der Waals surface area contributed by atoms with Crippen LogP contribution in [-0.4, -0.2) is 36.2 Å². The summed E-state index contributed by atoms with van der Waals surface area (Å²) < 4.78 is 79.8. The highest BCUT2D eigenvalue weighted by Crippen LogP contribution is 2.48. The molecule has 1 amide bonds. The Morgan fingerprint density at radius 3 is 2.23 bits per heavy atom. The monoisotopic (exact) mass is 375 g/mol. The van der Waals surface area contributed by atoms with Crippen molar-refractivity contribution >= 4 is 5.91 Å². The van der Waals surface area contributed by atoms with Crippen molar-refractivity contribution in [2.45, 2.75) is 25.2 Å². The molecule has 8 heteroatoms. The first-order chi connectivity index (χ1) is 12.1. The number of nitrogens with zero attached hydrogens (tertiary/aromatic N) is 1. The molecule has 1 saturated heterocycles. The molecule has 1 aliphatic carbocycles. The second-order valence-electron chi connectivity index (χ2n) is 6.29. The first-order valence-electron chi connectivity index (χ1n) is 7.99. The van der Waals surface area contributed by atoms with E-state index in [0.717, 1.165) is 0 Å². The molecule has 0 aromatic heterocycles. The Bertz CT molecular complexity index is 760. The molecule has 0 N–H and O–H groups in total. The molecule has 1 unspecified atom stereocenters. The summed E-state index contributed by atoms with van der Waals surface area (Å²) in [6.45, 7) is -0.226. The van der Waals surface area contributed by atoms with Crippen LogP contribution in [0.4, 0.5) is 26.3 Å². The lowest BCUT2D eigenvalue weighted by Gasteiger charge is -2.39. The summed E-state index contributed by atoms with van der Waals surface area (Å²) >= 11 is 0. The second-order valence-corrected chi connectivity index (χ2v) is 6.29. The van der Waals surface area contributed by atoms with Gasteiger partial charge >= 0.3 is 12.4 Å². The third-order valence-corrected chi connectivity index (χ3v) is 4.72. The van der Waals surface area contributed by atoms with Gasteiger partial charge in [0.05, 0.1) is 5.57 Å². The molecule has 1 aromatic carbocycles. The van der Waals surface area contributed by atoms with Crippen molar-refractivity contribution in [1.82, 2.24) is 4.90 Å². The maximum Gasteiger partial charge on any atom is 0.413 e. The maximum absolute atomic E-state index is 13.5. The predicted molar refractivity (Wildman–Crippen MR) is 82.3 cm³/mol. The van der Waals surface area contributed by atoms with Gasteiger partial charge in [-0.1, -0.05) is 29.8 Å². The van der Waals surface area contributed by atoms with Crippen molar-refractivity contribution < 1.29 is 31.1 Å². The molecule has 1 aromatic rings. The number of benzene rings is 1. The lowest BCUT2D eigenvalue weighted by atomic mass is 9.77. The molecular weight excluding hydrogens is 360 g/mol. The summed E-state index contributed by atoms with van der Waals surface area (Å²) in [4.78, 5) is 13.7. The van der Waals surface area contributed by atoms with Crippen molar-refractivity contribution in [2.24, 2.45) is 5.92 Å². The number of amides is 1. The van der Waals surface area contributed by atoms with Crippen LogP contribution in [0.1, 0.15) is 23.2 Å². The van der Waals surface area contributed by atoms with E-state index in [1.54, 1.807) is 18.2 Å². The SMILES string of the molecule is O=C(c1ccccc1)N1CCC2=CCC(C(F)(F)F)=C(C(F)(F)F)C2C1. The fourth-order valence-corrected chi connectivity index (χ4v) is 3.53. The van der Waals surface area contributed by atoms with E-state index >= 15 is 0 Å². The van der Waals surface area contributed by atoms with Crippen LogP contribution < -0.4 is 0 Å². The molecule has 1 fully saturated rings. The number of halogens is 6. The number of hydrogen-bond acceptors (Lipinski definition) is 1. The minimum absolute atomic E-state index is 0.133. The molecule has 0 saturated carbocycles. The quantitative estimate of drug-likeness (QED) is 0.505. The zero-order valence-electron chi connectivity index (χ0n) is 13.5. The molecule has 140 valence electrons. The summed E-state index contributed by atoms with van der Waals surface area (Å²) in [6, 6.07) is 7.97. The number of allylic oxidation sites excluding steroid dienone is 2. The number of fused-ring (bicyclic) bond motifs is 1. The fraction of sp³-hybridized carbons (Fsp3) is 0.389. The topological polar surface area (TPSA) is 20.3 Å². The van der Waals surface area contributed by atoms with Crippen LogP contribution in [0, 0.1) is 5.92 Å². The first kappa shape index (κ1) is 18.5. The molecule has 0 bridgehead atoms. The zero-order valence-corrected chi connectivity index (χ0v) is 13.5. The number of likely N-dealkylation sites (tertiary alicyclic amines) is 1. The molecule has 1 heterocycles. The van der Waals surface area contributed by atoms with Crippen LogP contribution in [0.3, 0.4) is 0 Å². The zero-order chi connectivity index (χ0) is 19.1. The Labute approximate surface area is 145 Å². The third kappa shape index (κ3) is 3.50. The predicted octanol–water partition coefficient (Wildman–Crippen LogP) is 4.90. The van der Waals surface area contributed by atoms with Crippen LogP contribution in [-0.2, 0) is 0 Å². The molecule has 1 aliphatic heterocycles. The van der Waals surface area contributed by atoms with Crippen molar-refractivity contribution in [3.63, 3.8) is 0 Å². The van der Waals surface area contributed by atoms with E-state index in [9.17, 15) is 31.1 Å². The minimum Gasteiger partial charge on any atom is -0.337 e. The Kier molecular flexibility index (Phi) is 4.62. The summed E-state index contributed by atoms with van der Waals surface area (Å²) in [6.07, 6.45) is -9.58. The fourth-order valence-electron chi connectivity index (χ4n) is 3.53. The number of hydrogen-bond donors (Lipinski definition) is 0. The van der Waals surface area contributed by atoms with Crippen LogP contribution in [0.5, 0.6) is 0 Å². The van der Waals surface area contributed by atoms with Crippen molar-refractivity contribution in [3.8, 4) is 0 Å². The molecule has 1 atom stereocenters. The van der Waals surface area contributed by atoms with E-state index in [0.29, 0.717) is 11.1 Å². The van der Waals surface area contributed by atoms with Gasteiger partial charge in [-0.15, -0.1) is 0 Å². The van der Waals surface area contributed by atoms with E-state index in [1.807, 2.05) is 0 Å². The van der Waals surface area contributed by atoms with E-state index in [-0.39, 0.29) is 13.0 Å². The van der Waals surface area contributed by atoms with Crippen molar-refractivity contribution in [3.05, 3.63) is 58.7 Å². The van der Waals surface area contributed by atoms with Crippen molar-refractivity contribution in [2.75, 3.05) is 13.1 Å². The lowest BCUT2D eigenvalue weighted by molar-refractivity contribution is -0.122. The van der Waals surface area contributed by atoms with Gasteiger partial charge in [-0.2, -0.15) is 26.3 Å². The molecule has 3 rings (SSSR count). The Balaban J connectivity index is 1.95. The van der Waals surface area contributed by atoms with Gasteiger partial charge < -0.3 is 4.90 Å². The van der Waals surface area contributed by atoms with Gasteiger partial charge in [0.15, 0.2) is 0 Å². The molecule has 0 spiro atoms. The number of piperidine rings is 1. The minimum atomic E-state index is -5.10. The largest absolute Gasteiger partial charge is 0.413 e. The smallest absolute Gasteiger partial charge is 0.337 e. The number of carbonyl (C=O) groups is 1. The number of rotatable bonds is 1. The second kappa shape index (κ2) is 6.48. The maximum atomic E-state index is 13.5. The van der Waals surface area contributed by atoms with Crippen LogP contribution in [0.25, 0.3) is 0 Å². The summed E-state index contributed by atoms with van der Waals surface area (Å²) in [7, 11) is 0. The molecule has 2 aliphatic rings. The third-order valence-electron chi connectivity index (χ3n) is 4.72. The van der Waals surface area contributed by atoms with E-state index in [1.165, 1.54) is 23.1 Å². The van der Waals surface area contributed by atoms with Gasteiger partial charge in [-0.3, -0.25) is 4.79 Å². The Morgan fingerprint density at radius 2 is 1.65 bits per heavy atom. The van der Waals surface area contributed by atoms with Gasteiger partial charge in [-0.25, -0.2) is 0 Å². The normalized spacial score (nSPS) is 21.4. The number of carbonyl (C=O) groups excluding carboxylic acids is 1. The average molecular weight is 375 g/mol. The highest BCUT2D eigenvalue weighted by Gasteiger charge is 2.51. The first-order valence-corrected chi connectivity index (χ1v) is 7.99. The Morgan fingerprint density at radius 1 is 1.00 bits per heavy atom. The van der Waals surface area contributed by atoms with Gasteiger partial charge in [0.2, 0.25) is 0 Å². The van der Waals surface area contributed by atoms with Gasteiger partial charge in [0.1, 0.15) is 0 Å². The van der Waals surface area contributed by atoms with Crippen LogP contribution in [0.15, 0.2) is 53.1 Å². The van der Waals surface area contributed by atoms with Crippen LogP contribution >= 0.6 is 0 Å². The molecule has 26 heavy (non-hydrogen) atoms. The summed E-state index contributed by atoms with van der Waals surface area (Å²) in [5.74, 6) is -1.95.